The molecule has 2 aromatic carbocycles. The predicted molar refractivity (Wildman–Crippen MR) is 153 cm³/mol. The van der Waals surface area contributed by atoms with E-state index in [1.165, 1.54) is 48.8 Å². The molecule has 1 aliphatic heterocycles. The molecule has 1 saturated heterocycles. The molecule has 7 rings (SSSR count). The van der Waals surface area contributed by atoms with Gasteiger partial charge in [0.2, 0.25) is 0 Å². The van der Waals surface area contributed by atoms with Gasteiger partial charge in [-0.1, -0.05) is 80.1 Å². The third-order valence-electron chi connectivity index (χ3n) is 12.6. The molecule has 0 bridgehead atoms. The Morgan fingerprint density at radius 1 is 0.711 bits per heavy atom. The third-order valence-corrected chi connectivity index (χ3v) is 12.6. The molecule has 0 spiro atoms. The molecular weight excluding hydrogens is 464 g/mol. The molecule has 2 heteroatoms. The van der Waals surface area contributed by atoms with Crippen molar-refractivity contribution in [3.05, 3.63) is 83.4 Å². The normalized spacial score (nSPS) is 41.7. The van der Waals surface area contributed by atoms with Crippen LogP contribution in [0.25, 0.3) is 0 Å². The summed E-state index contributed by atoms with van der Waals surface area (Å²) in [6.45, 7) is 7.61. The van der Waals surface area contributed by atoms with E-state index in [-0.39, 0.29) is 16.6 Å². The molecule has 0 unspecified atom stereocenters. The van der Waals surface area contributed by atoms with E-state index in [9.17, 15) is 4.79 Å². The predicted octanol–water partition coefficient (Wildman–Crippen LogP) is 8.65. The number of hydrogen-bond donors (Lipinski definition) is 0. The molecule has 7 atom stereocenters. The smallest absolute Gasteiger partial charge is 0.155 e. The van der Waals surface area contributed by atoms with Gasteiger partial charge in [0.15, 0.2) is 5.78 Å². The molecule has 5 aliphatic rings. The highest BCUT2D eigenvalue weighted by Gasteiger charge is 2.64. The van der Waals surface area contributed by atoms with Crippen molar-refractivity contribution in [2.24, 2.45) is 34.5 Å². The third kappa shape index (κ3) is 3.44. The molecule has 0 N–H and O–H groups in total. The zero-order chi connectivity index (χ0) is 26.2. The summed E-state index contributed by atoms with van der Waals surface area (Å²) < 4.78 is 7.51. The van der Waals surface area contributed by atoms with Gasteiger partial charge in [0.1, 0.15) is 5.60 Å². The van der Waals surface area contributed by atoms with Crippen LogP contribution in [0.3, 0.4) is 0 Å². The second-order valence-electron chi connectivity index (χ2n) is 14.1. The number of carbonyl (C=O) groups is 1. The van der Waals surface area contributed by atoms with Crippen molar-refractivity contribution in [3.8, 4) is 0 Å². The minimum Gasteiger partial charge on any atom is -0.359 e. The van der Waals surface area contributed by atoms with Gasteiger partial charge in [-0.15, -0.1) is 0 Å². The van der Waals surface area contributed by atoms with E-state index in [1.807, 2.05) is 6.08 Å². The van der Waals surface area contributed by atoms with E-state index < -0.39 is 0 Å². The summed E-state index contributed by atoms with van der Waals surface area (Å²) in [6, 6.07) is 22.0. The second kappa shape index (κ2) is 8.65. The van der Waals surface area contributed by atoms with Crippen molar-refractivity contribution in [3.63, 3.8) is 0 Å². The van der Waals surface area contributed by atoms with Crippen LogP contribution in [-0.4, -0.2) is 11.4 Å². The molecule has 4 fully saturated rings. The van der Waals surface area contributed by atoms with Crippen LogP contribution in [0, 0.1) is 34.5 Å². The van der Waals surface area contributed by atoms with E-state index in [4.69, 9.17) is 4.74 Å². The molecular formula is C36H44O2. The molecule has 200 valence electrons. The Labute approximate surface area is 229 Å². The average Bonchev–Trinajstić information content (AvgIpc) is 3.49. The number of hydrogen-bond acceptors (Lipinski definition) is 2. The number of ketones is 1. The molecule has 38 heavy (non-hydrogen) atoms. The van der Waals surface area contributed by atoms with Crippen molar-refractivity contribution in [1.29, 1.82) is 0 Å². The number of rotatable bonds is 3. The summed E-state index contributed by atoms with van der Waals surface area (Å²) in [5.74, 6) is 3.28. The standard InChI is InChI=1S/C36H44O2/c1-33-20-18-28(37)24-27(33)14-15-29-30-16-17-32(34(30,2)21-19-31(29)33)35(3)22-23-36(38-35,25-10-6-4-7-11-25)26-12-8-5-9-13-26/h4-13,24,29-32H,14-23H2,1-3H3/t29-,30-,31-,32+,33+,34+,35+/m1/s1. The topological polar surface area (TPSA) is 26.3 Å². The van der Waals surface area contributed by atoms with Crippen LogP contribution < -0.4 is 0 Å². The minimum atomic E-state index is -0.366. The first-order valence-electron chi connectivity index (χ1n) is 15.3. The summed E-state index contributed by atoms with van der Waals surface area (Å²) in [4.78, 5) is 12.2. The van der Waals surface area contributed by atoms with Gasteiger partial charge in [0.25, 0.3) is 0 Å². The van der Waals surface area contributed by atoms with Crippen molar-refractivity contribution in [2.45, 2.75) is 96.2 Å². The number of ether oxygens (including phenoxy) is 1. The van der Waals surface area contributed by atoms with E-state index in [1.54, 1.807) is 0 Å². The summed E-state index contributed by atoms with van der Waals surface area (Å²) in [5.41, 5.74) is 4.17. The van der Waals surface area contributed by atoms with Crippen LogP contribution in [0.1, 0.15) is 96.1 Å². The number of carbonyl (C=O) groups excluding carboxylic acids is 1. The fourth-order valence-corrected chi connectivity index (χ4v) is 10.7. The van der Waals surface area contributed by atoms with E-state index in [2.05, 4.69) is 81.4 Å². The Balaban J connectivity index is 1.21. The van der Waals surface area contributed by atoms with Gasteiger partial charge < -0.3 is 4.74 Å². The largest absolute Gasteiger partial charge is 0.359 e. The first-order chi connectivity index (χ1) is 18.3. The minimum absolute atomic E-state index is 0.122. The highest BCUT2D eigenvalue weighted by atomic mass is 16.5. The first-order valence-corrected chi connectivity index (χ1v) is 15.3. The van der Waals surface area contributed by atoms with Gasteiger partial charge in [-0.2, -0.15) is 0 Å². The summed E-state index contributed by atoms with van der Waals surface area (Å²) in [5, 5.41) is 0. The van der Waals surface area contributed by atoms with Crippen LogP contribution in [0.4, 0.5) is 0 Å². The Morgan fingerprint density at radius 2 is 1.39 bits per heavy atom. The first kappa shape index (κ1) is 24.8. The quantitative estimate of drug-likeness (QED) is 0.415. The molecule has 1 heterocycles. The van der Waals surface area contributed by atoms with Crippen molar-refractivity contribution in [1.82, 2.24) is 0 Å². The summed E-state index contributed by atoms with van der Waals surface area (Å²) in [6.07, 6.45) is 13.7. The van der Waals surface area contributed by atoms with Gasteiger partial charge in [0, 0.05) is 6.42 Å². The average molecular weight is 509 g/mol. The van der Waals surface area contributed by atoms with Crippen LogP contribution >= 0.6 is 0 Å². The lowest BCUT2D eigenvalue weighted by molar-refractivity contribution is -0.150. The Kier molecular flexibility index (Phi) is 5.65. The summed E-state index contributed by atoms with van der Waals surface area (Å²) in [7, 11) is 0. The maximum Gasteiger partial charge on any atom is 0.155 e. The Hall–Kier alpha value is -2.19. The maximum atomic E-state index is 12.2. The lowest BCUT2D eigenvalue weighted by Gasteiger charge is -2.59. The van der Waals surface area contributed by atoms with Gasteiger partial charge in [-0.25, -0.2) is 0 Å². The van der Waals surface area contributed by atoms with E-state index in [0.29, 0.717) is 17.1 Å². The van der Waals surface area contributed by atoms with Gasteiger partial charge >= 0.3 is 0 Å². The van der Waals surface area contributed by atoms with Crippen molar-refractivity contribution >= 4 is 5.78 Å². The Morgan fingerprint density at radius 3 is 2.08 bits per heavy atom. The van der Waals surface area contributed by atoms with Crippen LogP contribution in [-0.2, 0) is 15.1 Å². The molecule has 2 aromatic rings. The lowest BCUT2D eigenvalue weighted by Crippen LogP contribution is -2.53. The monoisotopic (exact) mass is 508 g/mol. The fraction of sp³-hybridized carbons (Fsp3) is 0.583. The zero-order valence-electron chi connectivity index (χ0n) is 23.5. The Bertz CT molecular complexity index is 1210. The van der Waals surface area contributed by atoms with Crippen LogP contribution in [0.5, 0.6) is 0 Å². The highest BCUT2D eigenvalue weighted by Crippen LogP contribution is 2.69. The number of benzene rings is 2. The molecule has 3 saturated carbocycles. The molecule has 0 amide bonds. The molecule has 4 aliphatic carbocycles. The lowest BCUT2D eigenvalue weighted by atomic mass is 9.46. The van der Waals surface area contributed by atoms with Gasteiger partial charge in [-0.3, -0.25) is 4.79 Å². The maximum absolute atomic E-state index is 12.2. The van der Waals surface area contributed by atoms with Gasteiger partial charge in [0.05, 0.1) is 5.60 Å². The molecule has 0 radical (unpaired) electrons. The number of fused-ring (bicyclic) bond motifs is 5. The van der Waals surface area contributed by atoms with Crippen LogP contribution in [0.15, 0.2) is 72.3 Å². The van der Waals surface area contributed by atoms with Crippen molar-refractivity contribution < 1.29 is 9.53 Å². The van der Waals surface area contributed by atoms with Gasteiger partial charge in [-0.05, 0) is 116 Å². The van der Waals surface area contributed by atoms with Crippen LogP contribution in [0.2, 0.25) is 0 Å². The van der Waals surface area contributed by atoms with E-state index >= 15 is 0 Å². The SMILES string of the molecule is C[C@]12CC[C@@H]3[C@H](CCC4=CC(=O)CC[C@@]43C)[C@H]1CC[C@@H]2[C@]1(C)CCC(c2ccccc2)(c2ccccc2)O1. The molecule has 0 aromatic heterocycles. The zero-order valence-corrected chi connectivity index (χ0v) is 23.5. The fourth-order valence-electron chi connectivity index (χ4n) is 10.7. The molecule has 2 nitrogen and oxygen atoms in total. The number of allylic oxidation sites excluding steroid dienone is 1. The highest BCUT2D eigenvalue weighted by molar-refractivity contribution is 5.91. The van der Waals surface area contributed by atoms with E-state index in [0.717, 1.165) is 49.9 Å². The summed E-state index contributed by atoms with van der Waals surface area (Å²) >= 11 is 0. The van der Waals surface area contributed by atoms with Crippen molar-refractivity contribution in [2.75, 3.05) is 0 Å². The second-order valence-corrected chi connectivity index (χ2v) is 14.1.